The van der Waals surface area contributed by atoms with E-state index >= 15 is 0 Å². The summed E-state index contributed by atoms with van der Waals surface area (Å²) < 4.78 is 15.7. The Hall–Kier alpha value is -1.40. The van der Waals surface area contributed by atoms with Gasteiger partial charge >= 0.3 is 0 Å². The van der Waals surface area contributed by atoms with Crippen molar-refractivity contribution in [3.05, 3.63) is 34.9 Å². The van der Waals surface area contributed by atoms with Crippen LogP contribution in [0.25, 0.3) is 0 Å². The molecule has 1 heterocycles. The summed E-state index contributed by atoms with van der Waals surface area (Å²) in [5.41, 5.74) is 1.57. The van der Waals surface area contributed by atoms with Gasteiger partial charge in [-0.05, 0) is 62.8 Å². The molecule has 0 saturated heterocycles. The van der Waals surface area contributed by atoms with Crippen LogP contribution in [-0.4, -0.2) is 21.8 Å². The molecule has 2 aromatic rings. The average Bonchev–Trinajstić information content (AvgIpc) is 2.73. The van der Waals surface area contributed by atoms with E-state index in [1.807, 2.05) is 38.6 Å². The molecule has 0 radical (unpaired) electrons. The molecule has 0 aliphatic carbocycles. The first kappa shape index (κ1) is 15.0. The van der Waals surface area contributed by atoms with E-state index in [2.05, 4.69) is 15.5 Å². The molecule has 1 aromatic heterocycles. The predicted molar refractivity (Wildman–Crippen MR) is 78.5 cm³/mol. The highest BCUT2D eigenvalue weighted by Gasteiger charge is 2.16. The summed E-state index contributed by atoms with van der Waals surface area (Å²) in [5.74, 6) is 0.676. The standard InChI is InChI=1S/C14H19FN4S/c1-8-6-13(11(7-12(8)15)9(2)16-4)20-14-18-17-10(3)19(14)5/h6-7,9,16H,1-5H3. The van der Waals surface area contributed by atoms with E-state index in [-0.39, 0.29) is 11.9 Å². The van der Waals surface area contributed by atoms with Gasteiger partial charge in [-0.1, -0.05) is 0 Å². The number of rotatable bonds is 4. The van der Waals surface area contributed by atoms with Crippen LogP contribution in [-0.2, 0) is 7.05 Å². The van der Waals surface area contributed by atoms with Crippen molar-refractivity contribution in [3.8, 4) is 0 Å². The molecule has 0 amide bonds. The smallest absolute Gasteiger partial charge is 0.195 e. The Labute approximate surface area is 122 Å². The molecular formula is C14H19FN4S. The first-order valence-corrected chi connectivity index (χ1v) is 7.26. The fourth-order valence-electron chi connectivity index (χ4n) is 1.83. The Kier molecular flexibility index (Phi) is 4.45. The molecule has 0 saturated carbocycles. The SMILES string of the molecule is CNC(C)c1cc(F)c(C)cc1Sc1nnc(C)n1C. The maximum Gasteiger partial charge on any atom is 0.195 e. The molecule has 1 N–H and O–H groups in total. The first-order chi connectivity index (χ1) is 9.43. The average molecular weight is 294 g/mol. The zero-order chi connectivity index (χ0) is 14.9. The zero-order valence-corrected chi connectivity index (χ0v) is 13.2. The van der Waals surface area contributed by atoms with Crippen LogP contribution in [0.2, 0.25) is 0 Å². The summed E-state index contributed by atoms with van der Waals surface area (Å²) in [6.45, 7) is 5.69. The van der Waals surface area contributed by atoms with Crippen molar-refractivity contribution in [2.75, 3.05) is 7.05 Å². The number of nitrogens with one attached hydrogen (secondary N) is 1. The van der Waals surface area contributed by atoms with Gasteiger partial charge in [-0.15, -0.1) is 10.2 Å². The molecule has 2 rings (SSSR count). The molecule has 0 aliphatic rings. The van der Waals surface area contributed by atoms with Gasteiger partial charge in [0.1, 0.15) is 11.6 Å². The highest BCUT2D eigenvalue weighted by molar-refractivity contribution is 7.99. The summed E-state index contributed by atoms with van der Waals surface area (Å²) >= 11 is 1.51. The van der Waals surface area contributed by atoms with Crippen molar-refractivity contribution in [2.45, 2.75) is 36.9 Å². The third-order valence-corrected chi connectivity index (χ3v) is 4.56. The normalized spacial score (nSPS) is 12.7. The summed E-state index contributed by atoms with van der Waals surface area (Å²) in [6, 6.07) is 3.54. The van der Waals surface area contributed by atoms with Crippen LogP contribution in [0.5, 0.6) is 0 Å². The quantitative estimate of drug-likeness (QED) is 0.941. The van der Waals surface area contributed by atoms with Gasteiger partial charge in [-0.25, -0.2) is 4.39 Å². The van der Waals surface area contributed by atoms with Crippen LogP contribution in [0.4, 0.5) is 4.39 Å². The second kappa shape index (κ2) is 5.93. The van der Waals surface area contributed by atoms with E-state index in [0.29, 0.717) is 5.56 Å². The minimum Gasteiger partial charge on any atom is -0.313 e. The molecule has 0 bridgehead atoms. The van der Waals surface area contributed by atoms with E-state index in [9.17, 15) is 4.39 Å². The third kappa shape index (κ3) is 2.86. The van der Waals surface area contributed by atoms with Gasteiger partial charge in [0, 0.05) is 18.0 Å². The largest absolute Gasteiger partial charge is 0.313 e. The third-order valence-electron chi connectivity index (χ3n) is 3.44. The van der Waals surface area contributed by atoms with Crippen LogP contribution in [0.15, 0.2) is 22.2 Å². The number of halogens is 1. The minimum atomic E-state index is -0.180. The lowest BCUT2D eigenvalue weighted by Gasteiger charge is -2.16. The topological polar surface area (TPSA) is 42.7 Å². The Bertz CT molecular complexity index is 624. The van der Waals surface area contributed by atoms with Crippen molar-refractivity contribution < 1.29 is 4.39 Å². The molecule has 0 spiro atoms. The second-order valence-corrected chi connectivity index (χ2v) is 5.85. The lowest BCUT2D eigenvalue weighted by atomic mass is 10.1. The first-order valence-electron chi connectivity index (χ1n) is 6.45. The summed E-state index contributed by atoms with van der Waals surface area (Å²) in [7, 11) is 3.79. The van der Waals surface area contributed by atoms with E-state index in [0.717, 1.165) is 21.4 Å². The molecular weight excluding hydrogens is 275 g/mol. The van der Waals surface area contributed by atoms with Crippen molar-refractivity contribution in [2.24, 2.45) is 7.05 Å². The number of benzene rings is 1. The lowest BCUT2D eigenvalue weighted by molar-refractivity contribution is 0.594. The summed E-state index contributed by atoms with van der Waals surface area (Å²) in [5, 5.41) is 12.2. The van der Waals surface area contributed by atoms with Gasteiger partial charge in [-0.2, -0.15) is 0 Å². The lowest BCUT2D eigenvalue weighted by Crippen LogP contribution is -2.14. The molecule has 1 aromatic carbocycles. The van der Waals surface area contributed by atoms with Crippen molar-refractivity contribution in [1.29, 1.82) is 0 Å². The zero-order valence-electron chi connectivity index (χ0n) is 12.4. The fourth-order valence-corrected chi connectivity index (χ4v) is 2.96. The highest BCUT2D eigenvalue weighted by atomic mass is 32.2. The van der Waals surface area contributed by atoms with Gasteiger partial charge in [0.2, 0.25) is 0 Å². The summed E-state index contributed by atoms with van der Waals surface area (Å²) in [6.07, 6.45) is 0. The molecule has 20 heavy (non-hydrogen) atoms. The number of aryl methyl sites for hydroxylation is 2. The minimum absolute atomic E-state index is 0.0712. The van der Waals surface area contributed by atoms with Crippen molar-refractivity contribution >= 4 is 11.8 Å². The number of aromatic nitrogens is 3. The highest BCUT2D eigenvalue weighted by Crippen LogP contribution is 2.34. The van der Waals surface area contributed by atoms with Crippen LogP contribution in [0, 0.1) is 19.7 Å². The Morgan fingerprint density at radius 2 is 2.00 bits per heavy atom. The Balaban J connectivity index is 2.44. The number of hydrogen-bond acceptors (Lipinski definition) is 4. The molecule has 0 aliphatic heterocycles. The monoisotopic (exact) mass is 294 g/mol. The Morgan fingerprint density at radius 3 is 2.55 bits per heavy atom. The second-order valence-electron chi connectivity index (χ2n) is 4.84. The van der Waals surface area contributed by atoms with Gasteiger partial charge < -0.3 is 9.88 Å². The molecule has 1 atom stereocenters. The maximum atomic E-state index is 13.8. The molecule has 4 nitrogen and oxygen atoms in total. The number of hydrogen-bond donors (Lipinski definition) is 1. The van der Waals surface area contributed by atoms with Crippen LogP contribution >= 0.6 is 11.8 Å². The van der Waals surface area contributed by atoms with Crippen LogP contribution in [0.3, 0.4) is 0 Å². The maximum absolute atomic E-state index is 13.8. The van der Waals surface area contributed by atoms with Crippen LogP contribution < -0.4 is 5.32 Å². The Morgan fingerprint density at radius 1 is 1.30 bits per heavy atom. The molecule has 1 unspecified atom stereocenters. The molecule has 6 heteroatoms. The van der Waals surface area contributed by atoms with Gasteiger partial charge in [0.15, 0.2) is 5.16 Å². The van der Waals surface area contributed by atoms with E-state index < -0.39 is 0 Å². The summed E-state index contributed by atoms with van der Waals surface area (Å²) in [4.78, 5) is 1.00. The van der Waals surface area contributed by atoms with E-state index in [1.165, 1.54) is 11.8 Å². The van der Waals surface area contributed by atoms with Gasteiger partial charge in [0.25, 0.3) is 0 Å². The van der Waals surface area contributed by atoms with E-state index in [4.69, 9.17) is 0 Å². The van der Waals surface area contributed by atoms with E-state index in [1.54, 1.807) is 13.0 Å². The van der Waals surface area contributed by atoms with Gasteiger partial charge in [-0.3, -0.25) is 0 Å². The van der Waals surface area contributed by atoms with Gasteiger partial charge in [0.05, 0.1) is 0 Å². The van der Waals surface area contributed by atoms with Crippen molar-refractivity contribution in [1.82, 2.24) is 20.1 Å². The van der Waals surface area contributed by atoms with Crippen LogP contribution in [0.1, 0.15) is 29.9 Å². The fraction of sp³-hybridized carbons (Fsp3) is 0.429. The molecule has 108 valence electrons. The number of nitrogens with zero attached hydrogens (tertiary/aromatic N) is 3. The predicted octanol–water partition coefficient (Wildman–Crippen LogP) is 3.00. The molecule has 0 fully saturated rings. The van der Waals surface area contributed by atoms with Crippen molar-refractivity contribution in [3.63, 3.8) is 0 Å².